The van der Waals surface area contributed by atoms with Crippen molar-refractivity contribution >= 4 is 17.8 Å². The van der Waals surface area contributed by atoms with E-state index in [2.05, 4.69) is 46.8 Å². The smallest absolute Gasteiger partial charge is 0.225 e. The SMILES string of the molecule is COc1ccc(-n2nnn(C[NH+]3CC=C(c4ccccc4)CC3)c2=S)cc1. The lowest BCUT2D eigenvalue weighted by atomic mass is 10.00. The second-order valence-corrected chi connectivity index (χ2v) is 6.94. The fraction of sp³-hybridized carbons (Fsp3) is 0.250. The van der Waals surface area contributed by atoms with Gasteiger partial charge in [0.15, 0.2) is 6.67 Å². The Morgan fingerprint density at radius 3 is 2.52 bits per heavy atom. The molecule has 2 heterocycles. The molecule has 27 heavy (non-hydrogen) atoms. The van der Waals surface area contributed by atoms with Gasteiger partial charge in [0.25, 0.3) is 0 Å². The largest absolute Gasteiger partial charge is 0.497 e. The highest BCUT2D eigenvalue weighted by Crippen LogP contribution is 2.18. The van der Waals surface area contributed by atoms with E-state index in [1.54, 1.807) is 16.5 Å². The predicted molar refractivity (Wildman–Crippen MR) is 106 cm³/mol. The molecule has 0 saturated carbocycles. The van der Waals surface area contributed by atoms with Gasteiger partial charge in [0.05, 0.1) is 25.9 Å². The van der Waals surface area contributed by atoms with Crippen LogP contribution in [0.3, 0.4) is 0 Å². The number of quaternary nitrogens is 1. The maximum Gasteiger partial charge on any atom is 0.225 e. The zero-order chi connectivity index (χ0) is 18.6. The van der Waals surface area contributed by atoms with Crippen LogP contribution in [-0.2, 0) is 6.67 Å². The van der Waals surface area contributed by atoms with Crippen molar-refractivity contribution in [1.29, 1.82) is 0 Å². The van der Waals surface area contributed by atoms with Crippen molar-refractivity contribution in [2.24, 2.45) is 0 Å². The number of tetrazole rings is 1. The van der Waals surface area contributed by atoms with Crippen molar-refractivity contribution in [3.05, 3.63) is 71.0 Å². The van der Waals surface area contributed by atoms with Crippen LogP contribution < -0.4 is 9.64 Å². The molecule has 4 rings (SSSR count). The van der Waals surface area contributed by atoms with Crippen LogP contribution in [0.5, 0.6) is 5.75 Å². The summed E-state index contributed by atoms with van der Waals surface area (Å²) in [7, 11) is 1.65. The van der Waals surface area contributed by atoms with Crippen molar-refractivity contribution < 1.29 is 9.64 Å². The number of nitrogens with zero attached hydrogens (tertiary/aromatic N) is 4. The normalized spacial score (nSPS) is 16.8. The van der Waals surface area contributed by atoms with Gasteiger partial charge in [-0.3, -0.25) is 0 Å². The monoisotopic (exact) mass is 380 g/mol. The van der Waals surface area contributed by atoms with Gasteiger partial charge < -0.3 is 9.64 Å². The summed E-state index contributed by atoms with van der Waals surface area (Å²) in [5.74, 6) is 0.802. The average molecular weight is 380 g/mol. The first kappa shape index (κ1) is 17.6. The van der Waals surface area contributed by atoms with Crippen LogP contribution in [0.2, 0.25) is 0 Å². The van der Waals surface area contributed by atoms with Crippen molar-refractivity contribution in [1.82, 2.24) is 19.8 Å². The molecule has 1 aromatic heterocycles. The van der Waals surface area contributed by atoms with Crippen LogP contribution in [0.1, 0.15) is 12.0 Å². The first-order valence-corrected chi connectivity index (χ1v) is 9.40. The van der Waals surface area contributed by atoms with E-state index in [1.807, 2.05) is 24.3 Å². The first-order valence-electron chi connectivity index (χ1n) is 9.00. The molecule has 0 amide bonds. The van der Waals surface area contributed by atoms with Gasteiger partial charge in [-0.15, -0.1) is 0 Å². The quantitative estimate of drug-likeness (QED) is 0.689. The number of rotatable bonds is 5. The average Bonchev–Trinajstić information content (AvgIpc) is 3.09. The second-order valence-electron chi connectivity index (χ2n) is 6.58. The molecule has 1 aliphatic rings. The van der Waals surface area contributed by atoms with E-state index in [4.69, 9.17) is 17.0 Å². The molecule has 6 nitrogen and oxygen atoms in total. The second kappa shape index (κ2) is 7.85. The maximum absolute atomic E-state index is 5.58. The lowest BCUT2D eigenvalue weighted by Gasteiger charge is -2.23. The topological polar surface area (TPSA) is 49.3 Å². The van der Waals surface area contributed by atoms with E-state index in [0.29, 0.717) is 11.4 Å². The Morgan fingerprint density at radius 1 is 1.07 bits per heavy atom. The zero-order valence-corrected chi connectivity index (χ0v) is 16.0. The van der Waals surface area contributed by atoms with Gasteiger partial charge in [-0.05, 0) is 64.1 Å². The summed E-state index contributed by atoms with van der Waals surface area (Å²) < 4.78 is 9.28. The van der Waals surface area contributed by atoms with Gasteiger partial charge >= 0.3 is 0 Å². The molecule has 2 aromatic carbocycles. The number of ether oxygens (including phenoxy) is 1. The summed E-state index contributed by atoms with van der Waals surface area (Å²) in [6, 6.07) is 18.2. The highest BCUT2D eigenvalue weighted by Gasteiger charge is 2.18. The summed E-state index contributed by atoms with van der Waals surface area (Å²) in [5.41, 5.74) is 3.62. The molecular formula is C20H22N5OS+. The minimum absolute atomic E-state index is 0.602. The zero-order valence-electron chi connectivity index (χ0n) is 15.2. The third-order valence-corrected chi connectivity index (χ3v) is 5.24. The Morgan fingerprint density at radius 2 is 1.85 bits per heavy atom. The fourth-order valence-corrected chi connectivity index (χ4v) is 3.55. The number of methoxy groups -OCH3 is 1. The Bertz CT molecular complexity index is 991. The van der Waals surface area contributed by atoms with Gasteiger partial charge in [-0.2, -0.15) is 9.36 Å². The third kappa shape index (κ3) is 3.84. The number of benzene rings is 2. The molecule has 7 heteroatoms. The third-order valence-electron chi connectivity index (χ3n) is 4.86. The van der Waals surface area contributed by atoms with Crippen LogP contribution in [-0.4, -0.2) is 40.0 Å². The van der Waals surface area contributed by atoms with Gasteiger partial charge in [0.2, 0.25) is 4.77 Å². The van der Waals surface area contributed by atoms with E-state index < -0.39 is 0 Å². The van der Waals surface area contributed by atoms with E-state index in [0.717, 1.165) is 30.9 Å². The van der Waals surface area contributed by atoms with Gasteiger partial charge in [-0.25, -0.2) is 0 Å². The number of nitrogens with one attached hydrogen (secondary N) is 1. The van der Waals surface area contributed by atoms with E-state index in [-0.39, 0.29) is 0 Å². The van der Waals surface area contributed by atoms with Crippen LogP contribution in [0.25, 0.3) is 11.3 Å². The van der Waals surface area contributed by atoms with E-state index in [1.165, 1.54) is 16.0 Å². The molecule has 3 aromatic rings. The molecule has 1 N–H and O–H groups in total. The van der Waals surface area contributed by atoms with Crippen molar-refractivity contribution in [3.8, 4) is 11.4 Å². The summed E-state index contributed by atoms with van der Waals surface area (Å²) in [5, 5.41) is 8.48. The van der Waals surface area contributed by atoms with E-state index >= 15 is 0 Å². The molecule has 0 radical (unpaired) electrons. The Labute approximate surface area is 163 Å². The van der Waals surface area contributed by atoms with Crippen LogP contribution in [0, 0.1) is 4.77 Å². The van der Waals surface area contributed by atoms with Crippen molar-refractivity contribution in [2.45, 2.75) is 13.1 Å². The molecule has 0 aliphatic carbocycles. The standard InChI is InChI=1S/C20H21N5OS/c1-26-19-9-7-18(8-10-19)25-20(27)24(21-22-25)15-23-13-11-17(12-14-23)16-5-3-2-4-6-16/h2-11H,12-15H2,1H3/p+1. The van der Waals surface area contributed by atoms with Crippen LogP contribution in [0.15, 0.2) is 60.7 Å². The number of aromatic nitrogens is 4. The molecule has 0 bridgehead atoms. The Hall–Kier alpha value is -2.77. The van der Waals surface area contributed by atoms with Crippen LogP contribution in [0.4, 0.5) is 0 Å². The fourth-order valence-electron chi connectivity index (χ4n) is 3.31. The summed E-state index contributed by atoms with van der Waals surface area (Å²) >= 11 is 5.58. The molecule has 0 fully saturated rings. The van der Waals surface area contributed by atoms with Crippen molar-refractivity contribution in [3.63, 3.8) is 0 Å². The summed E-state index contributed by atoms with van der Waals surface area (Å²) in [6.07, 6.45) is 3.38. The predicted octanol–water partition coefficient (Wildman–Crippen LogP) is 2.14. The molecule has 0 saturated heterocycles. The minimum Gasteiger partial charge on any atom is -0.497 e. The summed E-state index contributed by atoms with van der Waals surface area (Å²) in [6.45, 7) is 2.73. The highest BCUT2D eigenvalue weighted by atomic mass is 32.1. The first-order chi connectivity index (χ1) is 13.2. The molecule has 1 unspecified atom stereocenters. The number of hydrogen-bond donors (Lipinski definition) is 1. The molecule has 1 aliphatic heterocycles. The maximum atomic E-state index is 5.58. The molecule has 0 spiro atoms. The molecular weight excluding hydrogens is 358 g/mol. The van der Waals surface area contributed by atoms with Crippen LogP contribution >= 0.6 is 12.2 Å². The summed E-state index contributed by atoms with van der Waals surface area (Å²) in [4.78, 5) is 1.42. The molecule has 138 valence electrons. The number of hydrogen-bond acceptors (Lipinski definition) is 4. The van der Waals surface area contributed by atoms with Gasteiger partial charge in [0, 0.05) is 6.42 Å². The highest BCUT2D eigenvalue weighted by molar-refractivity contribution is 7.71. The minimum atomic E-state index is 0.602. The Kier molecular flexibility index (Phi) is 5.13. The molecule has 1 atom stereocenters. The lowest BCUT2D eigenvalue weighted by Crippen LogP contribution is -3.11. The van der Waals surface area contributed by atoms with Gasteiger partial charge in [0.1, 0.15) is 5.75 Å². The lowest BCUT2D eigenvalue weighted by molar-refractivity contribution is -0.918. The van der Waals surface area contributed by atoms with Gasteiger partial charge in [-0.1, -0.05) is 30.3 Å². The van der Waals surface area contributed by atoms with Crippen molar-refractivity contribution in [2.75, 3.05) is 20.2 Å². The Balaban J connectivity index is 1.46. The van der Waals surface area contributed by atoms with E-state index in [9.17, 15) is 0 Å².